The Morgan fingerprint density at radius 3 is 2.56 bits per heavy atom. The first-order valence-corrected chi connectivity index (χ1v) is 8.78. The van der Waals surface area contributed by atoms with Crippen molar-refractivity contribution in [3.8, 4) is 5.75 Å². The van der Waals surface area contributed by atoms with Crippen LogP contribution in [0.3, 0.4) is 0 Å². The Kier molecular flexibility index (Phi) is 6.22. The van der Waals surface area contributed by atoms with Gasteiger partial charge in [0.2, 0.25) is 0 Å². The fourth-order valence-corrected chi connectivity index (χ4v) is 2.58. The third kappa shape index (κ3) is 5.18. The maximum atomic E-state index is 12.3. The SMILES string of the molecule is COc1ccccc1NC(=O)c1cnc(NCCc2ccc(Cl)cc2)cn1. The molecule has 0 radical (unpaired) electrons. The van der Waals surface area contributed by atoms with Crippen LogP contribution in [0.1, 0.15) is 16.1 Å². The largest absolute Gasteiger partial charge is 0.495 e. The Bertz CT molecular complexity index is 899. The third-order valence-corrected chi connectivity index (χ3v) is 4.12. The van der Waals surface area contributed by atoms with Crippen LogP contribution in [0.25, 0.3) is 0 Å². The van der Waals surface area contributed by atoms with Crippen molar-refractivity contribution in [2.24, 2.45) is 0 Å². The number of hydrogen-bond donors (Lipinski definition) is 2. The van der Waals surface area contributed by atoms with Crippen molar-refractivity contribution in [1.82, 2.24) is 9.97 Å². The number of nitrogens with zero attached hydrogens (tertiary/aromatic N) is 2. The lowest BCUT2D eigenvalue weighted by atomic mass is 10.1. The smallest absolute Gasteiger partial charge is 0.275 e. The first-order valence-electron chi connectivity index (χ1n) is 8.40. The maximum Gasteiger partial charge on any atom is 0.275 e. The molecule has 0 atom stereocenters. The Morgan fingerprint density at radius 2 is 1.85 bits per heavy atom. The van der Waals surface area contributed by atoms with E-state index in [4.69, 9.17) is 16.3 Å². The molecule has 27 heavy (non-hydrogen) atoms. The number of hydrogen-bond acceptors (Lipinski definition) is 5. The molecule has 0 aliphatic carbocycles. The van der Waals surface area contributed by atoms with Gasteiger partial charge in [0.05, 0.1) is 25.2 Å². The molecule has 0 aliphatic rings. The molecule has 0 spiro atoms. The topological polar surface area (TPSA) is 76.1 Å². The van der Waals surface area contributed by atoms with Crippen molar-refractivity contribution in [2.45, 2.75) is 6.42 Å². The van der Waals surface area contributed by atoms with E-state index in [0.717, 1.165) is 11.4 Å². The van der Waals surface area contributed by atoms with Crippen LogP contribution in [0, 0.1) is 0 Å². The van der Waals surface area contributed by atoms with Gasteiger partial charge in [-0.3, -0.25) is 4.79 Å². The minimum absolute atomic E-state index is 0.226. The highest BCUT2D eigenvalue weighted by molar-refractivity contribution is 6.30. The molecule has 1 aromatic heterocycles. The summed E-state index contributed by atoms with van der Waals surface area (Å²) in [6.45, 7) is 0.697. The summed E-state index contributed by atoms with van der Waals surface area (Å²) < 4.78 is 5.22. The predicted octanol–water partition coefficient (Wildman–Crippen LogP) is 4.05. The molecule has 0 unspecified atom stereocenters. The highest BCUT2D eigenvalue weighted by Gasteiger charge is 2.11. The Morgan fingerprint density at radius 1 is 1.07 bits per heavy atom. The van der Waals surface area contributed by atoms with E-state index in [-0.39, 0.29) is 11.6 Å². The number of benzene rings is 2. The number of rotatable bonds is 7. The van der Waals surface area contributed by atoms with Gasteiger partial charge in [-0.15, -0.1) is 0 Å². The molecular weight excluding hydrogens is 364 g/mol. The molecule has 3 aromatic rings. The zero-order valence-corrected chi connectivity index (χ0v) is 15.5. The number of amides is 1. The minimum atomic E-state index is -0.347. The standard InChI is InChI=1S/C20H19ClN4O2/c1-27-18-5-3-2-4-16(18)25-20(26)17-12-24-19(13-23-17)22-11-10-14-6-8-15(21)9-7-14/h2-9,12-13H,10-11H2,1H3,(H,22,24)(H,25,26). The molecule has 1 heterocycles. The van der Waals surface area contributed by atoms with Crippen molar-refractivity contribution < 1.29 is 9.53 Å². The van der Waals surface area contributed by atoms with E-state index >= 15 is 0 Å². The molecule has 0 saturated carbocycles. The highest BCUT2D eigenvalue weighted by atomic mass is 35.5. The molecule has 7 heteroatoms. The predicted molar refractivity (Wildman–Crippen MR) is 107 cm³/mol. The zero-order chi connectivity index (χ0) is 19.1. The lowest BCUT2D eigenvalue weighted by Gasteiger charge is -2.10. The molecule has 0 fully saturated rings. The zero-order valence-electron chi connectivity index (χ0n) is 14.8. The fourth-order valence-electron chi connectivity index (χ4n) is 2.46. The molecule has 2 aromatic carbocycles. The van der Waals surface area contributed by atoms with Gasteiger partial charge >= 0.3 is 0 Å². The second-order valence-corrected chi connectivity index (χ2v) is 6.18. The molecule has 0 aliphatic heterocycles. The Hall–Kier alpha value is -3.12. The first-order chi connectivity index (χ1) is 13.2. The van der Waals surface area contributed by atoms with Crippen LogP contribution < -0.4 is 15.4 Å². The summed E-state index contributed by atoms with van der Waals surface area (Å²) in [5, 5.41) is 6.67. The van der Waals surface area contributed by atoms with Crippen molar-refractivity contribution >= 4 is 29.0 Å². The minimum Gasteiger partial charge on any atom is -0.495 e. The number of carbonyl (C=O) groups excluding carboxylic acids is 1. The number of methoxy groups -OCH3 is 1. The van der Waals surface area contributed by atoms with E-state index in [2.05, 4.69) is 20.6 Å². The number of para-hydroxylation sites is 2. The average Bonchev–Trinajstić information content (AvgIpc) is 2.70. The van der Waals surface area contributed by atoms with Crippen LogP contribution in [0.4, 0.5) is 11.5 Å². The molecular formula is C20H19ClN4O2. The summed E-state index contributed by atoms with van der Waals surface area (Å²) >= 11 is 5.88. The van der Waals surface area contributed by atoms with Crippen LogP contribution in [0.5, 0.6) is 5.75 Å². The summed E-state index contributed by atoms with van der Waals surface area (Å²) in [5.74, 6) is 0.844. The van der Waals surface area contributed by atoms with E-state index in [1.54, 1.807) is 25.4 Å². The average molecular weight is 383 g/mol. The maximum absolute atomic E-state index is 12.3. The molecule has 2 N–H and O–H groups in total. The molecule has 6 nitrogen and oxygen atoms in total. The van der Waals surface area contributed by atoms with E-state index < -0.39 is 0 Å². The normalized spacial score (nSPS) is 10.3. The van der Waals surface area contributed by atoms with Crippen molar-refractivity contribution in [2.75, 3.05) is 24.3 Å². The lowest BCUT2D eigenvalue weighted by molar-refractivity contribution is 0.102. The van der Waals surface area contributed by atoms with Gasteiger partial charge in [-0.2, -0.15) is 0 Å². The van der Waals surface area contributed by atoms with Gasteiger partial charge in [0.1, 0.15) is 17.3 Å². The Labute approximate surface area is 162 Å². The lowest BCUT2D eigenvalue weighted by Crippen LogP contribution is -2.15. The van der Waals surface area contributed by atoms with Crippen LogP contribution in [0.2, 0.25) is 5.02 Å². The number of carbonyl (C=O) groups is 1. The van der Waals surface area contributed by atoms with Gasteiger partial charge < -0.3 is 15.4 Å². The van der Waals surface area contributed by atoms with Crippen molar-refractivity contribution in [1.29, 1.82) is 0 Å². The van der Waals surface area contributed by atoms with Crippen LogP contribution >= 0.6 is 11.6 Å². The van der Waals surface area contributed by atoms with E-state index in [0.29, 0.717) is 23.8 Å². The second-order valence-electron chi connectivity index (χ2n) is 5.74. The number of anilines is 2. The molecule has 0 saturated heterocycles. The number of ether oxygens (including phenoxy) is 1. The van der Waals surface area contributed by atoms with Gasteiger partial charge in [-0.25, -0.2) is 9.97 Å². The summed E-state index contributed by atoms with van der Waals surface area (Å²) in [4.78, 5) is 20.7. The molecule has 138 valence electrons. The number of nitrogens with one attached hydrogen (secondary N) is 2. The summed E-state index contributed by atoms with van der Waals surface area (Å²) in [5.41, 5.74) is 1.98. The van der Waals surface area contributed by atoms with E-state index in [9.17, 15) is 4.79 Å². The number of halogens is 1. The monoisotopic (exact) mass is 382 g/mol. The van der Waals surface area contributed by atoms with Crippen molar-refractivity contribution in [3.05, 3.63) is 77.2 Å². The highest BCUT2D eigenvalue weighted by Crippen LogP contribution is 2.23. The molecule has 0 bridgehead atoms. The van der Waals surface area contributed by atoms with Gasteiger partial charge in [-0.1, -0.05) is 35.9 Å². The van der Waals surface area contributed by atoms with Gasteiger partial charge in [0.15, 0.2) is 0 Å². The van der Waals surface area contributed by atoms with E-state index in [1.807, 2.05) is 36.4 Å². The summed E-state index contributed by atoms with van der Waals surface area (Å²) in [6, 6.07) is 14.9. The quantitative estimate of drug-likeness (QED) is 0.644. The summed E-state index contributed by atoms with van der Waals surface area (Å²) in [6.07, 6.45) is 3.81. The van der Waals surface area contributed by atoms with Crippen LogP contribution in [0.15, 0.2) is 60.9 Å². The molecule has 3 rings (SSSR count). The van der Waals surface area contributed by atoms with Crippen molar-refractivity contribution in [3.63, 3.8) is 0 Å². The fraction of sp³-hybridized carbons (Fsp3) is 0.150. The molecule has 1 amide bonds. The van der Waals surface area contributed by atoms with Gasteiger partial charge in [0.25, 0.3) is 5.91 Å². The van der Waals surface area contributed by atoms with Crippen LogP contribution in [-0.2, 0) is 6.42 Å². The van der Waals surface area contributed by atoms with E-state index in [1.165, 1.54) is 11.8 Å². The number of aromatic nitrogens is 2. The van der Waals surface area contributed by atoms with Crippen LogP contribution in [-0.4, -0.2) is 29.5 Å². The Balaban J connectivity index is 1.54. The van der Waals surface area contributed by atoms with Gasteiger partial charge in [0, 0.05) is 11.6 Å². The third-order valence-electron chi connectivity index (χ3n) is 3.87. The first kappa shape index (κ1) is 18.7. The second kappa shape index (κ2) is 9.00. The summed E-state index contributed by atoms with van der Waals surface area (Å²) in [7, 11) is 1.55. The van der Waals surface area contributed by atoms with Gasteiger partial charge in [-0.05, 0) is 36.2 Å².